The number of likely N-dealkylation sites (N-methyl/N-ethyl adjacent to an activating group) is 1. The monoisotopic (exact) mass is 398 g/mol. The molecule has 140 valence electrons. The van der Waals surface area contributed by atoms with Crippen LogP contribution in [0.4, 0.5) is 5.13 Å². The number of carbonyl (C=O) groups is 1. The third-order valence-corrected chi connectivity index (χ3v) is 6.85. The summed E-state index contributed by atoms with van der Waals surface area (Å²) >= 11 is 3.10. The zero-order valence-corrected chi connectivity index (χ0v) is 17.2. The summed E-state index contributed by atoms with van der Waals surface area (Å²) in [5.41, 5.74) is 3.18. The first-order valence-corrected chi connectivity index (χ1v) is 10.7. The van der Waals surface area contributed by atoms with Crippen LogP contribution in [0, 0.1) is 13.8 Å². The number of thiazole rings is 2. The molecule has 1 amide bonds. The van der Waals surface area contributed by atoms with E-state index in [1.54, 1.807) is 11.3 Å². The predicted octanol–water partition coefficient (Wildman–Crippen LogP) is 4.31. The summed E-state index contributed by atoms with van der Waals surface area (Å²) in [7, 11) is 2.02. The number of benzene rings is 1. The Kier molecular flexibility index (Phi) is 5.08. The largest absolute Gasteiger partial charge is 0.301 e. The van der Waals surface area contributed by atoms with Crippen molar-refractivity contribution in [1.29, 1.82) is 0 Å². The number of carbonyl (C=O) groups excluding carboxylic acids is 1. The average molecular weight is 399 g/mol. The molecule has 7 heteroatoms. The maximum Gasteiger partial charge on any atom is 0.243 e. The lowest BCUT2D eigenvalue weighted by atomic mass is 9.96. The van der Waals surface area contributed by atoms with E-state index in [1.165, 1.54) is 16.9 Å². The van der Waals surface area contributed by atoms with E-state index in [2.05, 4.69) is 44.5 Å². The first-order chi connectivity index (χ1) is 13.0. The molecule has 0 saturated carbocycles. The number of hydrogen-bond donors (Lipinski definition) is 1. The van der Waals surface area contributed by atoms with E-state index in [9.17, 15) is 4.79 Å². The first-order valence-electron chi connectivity index (χ1n) is 8.97. The molecule has 1 aliphatic heterocycles. The highest BCUT2D eigenvalue weighted by molar-refractivity contribution is 7.16. The number of aryl methyl sites for hydroxylation is 2. The van der Waals surface area contributed by atoms with Crippen LogP contribution in [0.1, 0.15) is 28.6 Å². The van der Waals surface area contributed by atoms with Gasteiger partial charge in [-0.25, -0.2) is 9.97 Å². The zero-order valence-electron chi connectivity index (χ0n) is 15.6. The highest BCUT2D eigenvalue weighted by atomic mass is 32.1. The molecule has 0 bridgehead atoms. The van der Waals surface area contributed by atoms with Gasteiger partial charge in [0.2, 0.25) is 5.91 Å². The topological polar surface area (TPSA) is 58.1 Å². The van der Waals surface area contributed by atoms with Crippen LogP contribution in [0.3, 0.4) is 0 Å². The fraction of sp³-hybridized carbons (Fsp3) is 0.350. The van der Waals surface area contributed by atoms with Crippen LogP contribution < -0.4 is 5.32 Å². The number of nitrogens with zero attached hydrogens (tertiary/aromatic N) is 3. The smallest absolute Gasteiger partial charge is 0.243 e. The maximum absolute atomic E-state index is 12.8. The van der Waals surface area contributed by atoms with Gasteiger partial charge in [-0.05, 0) is 38.8 Å². The van der Waals surface area contributed by atoms with Gasteiger partial charge in [0.1, 0.15) is 0 Å². The minimum Gasteiger partial charge on any atom is -0.301 e. The maximum atomic E-state index is 12.8. The predicted molar refractivity (Wildman–Crippen MR) is 112 cm³/mol. The van der Waals surface area contributed by atoms with Crippen LogP contribution in [0.2, 0.25) is 0 Å². The Bertz CT molecular complexity index is 950. The third-order valence-electron chi connectivity index (χ3n) is 4.99. The fourth-order valence-corrected chi connectivity index (χ4v) is 5.33. The van der Waals surface area contributed by atoms with E-state index >= 15 is 0 Å². The summed E-state index contributed by atoms with van der Waals surface area (Å²) in [6.07, 6.45) is 0.831. The average Bonchev–Trinajstić information content (AvgIpc) is 3.34. The van der Waals surface area contributed by atoms with Gasteiger partial charge in [-0.2, -0.15) is 0 Å². The second kappa shape index (κ2) is 7.50. The summed E-state index contributed by atoms with van der Waals surface area (Å²) in [6.45, 7) is 4.88. The SMILES string of the molecule is Cc1nc(C)c(-c2csc(NC(=O)[C@@H]3C[C@@H](c4ccccc4)CN3C)n2)s1. The summed E-state index contributed by atoms with van der Waals surface area (Å²) < 4.78 is 0. The number of amides is 1. The fourth-order valence-electron chi connectivity index (χ4n) is 3.67. The van der Waals surface area contributed by atoms with Crippen LogP contribution in [0.15, 0.2) is 35.7 Å². The molecule has 0 unspecified atom stereocenters. The van der Waals surface area contributed by atoms with Crippen LogP contribution in [-0.2, 0) is 4.79 Å². The van der Waals surface area contributed by atoms with Crippen molar-refractivity contribution >= 4 is 33.7 Å². The molecule has 27 heavy (non-hydrogen) atoms. The van der Waals surface area contributed by atoms with Gasteiger partial charge in [-0.15, -0.1) is 22.7 Å². The lowest BCUT2D eigenvalue weighted by Crippen LogP contribution is -2.37. The van der Waals surface area contributed by atoms with Gasteiger partial charge < -0.3 is 5.32 Å². The van der Waals surface area contributed by atoms with Crippen molar-refractivity contribution < 1.29 is 4.79 Å². The van der Waals surface area contributed by atoms with E-state index < -0.39 is 0 Å². The Balaban J connectivity index is 1.44. The number of rotatable bonds is 4. The van der Waals surface area contributed by atoms with Crippen molar-refractivity contribution in [2.75, 3.05) is 18.9 Å². The molecule has 4 rings (SSSR count). The normalized spacial score (nSPS) is 20.1. The van der Waals surface area contributed by atoms with Crippen molar-refractivity contribution in [1.82, 2.24) is 14.9 Å². The Labute approximate surface area is 167 Å². The quantitative estimate of drug-likeness (QED) is 0.711. The van der Waals surface area contributed by atoms with Gasteiger partial charge in [0.25, 0.3) is 0 Å². The molecule has 1 saturated heterocycles. The molecule has 2 aromatic heterocycles. The molecule has 1 N–H and O–H groups in total. The van der Waals surface area contributed by atoms with Gasteiger partial charge in [0.05, 0.1) is 27.3 Å². The van der Waals surface area contributed by atoms with E-state index in [-0.39, 0.29) is 11.9 Å². The Morgan fingerprint density at radius 1 is 1.22 bits per heavy atom. The molecule has 0 aliphatic carbocycles. The number of anilines is 1. The molecule has 0 spiro atoms. The van der Waals surface area contributed by atoms with E-state index in [4.69, 9.17) is 0 Å². The standard InChI is InChI=1S/C20H22N4OS2/c1-12-18(27-13(2)21-12)16-11-26-20(22-16)23-19(25)17-9-15(10-24(17)3)14-7-5-4-6-8-14/h4-8,11,15,17H,9-10H2,1-3H3,(H,22,23,25)/t15-,17+/m1/s1. The van der Waals surface area contributed by atoms with Gasteiger partial charge in [0, 0.05) is 11.9 Å². The zero-order chi connectivity index (χ0) is 19.0. The minimum absolute atomic E-state index is 0.0223. The highest BCUT2D eigenvalue weighted by Crippen LogP contribution is 2.34. The molecular weight excluding hydrogens is 376 g/mol. The molecule has 0 radical (unpaired) electrons. The summed E-state index contributed by atoms with van der Waals surface area (Å²) in [5, 5.41) is 6.68. The molecule has 1 aromatic carbocycles. The molecule has 1 aliphatic rings. The van der Waals surface area contributed by atoms with Crippen molar-refractivity contribution in [2.45, 2.75) is 32.2 Å². The number of nitrogens with one attached hydrogen (secondary N) is 1. The van der Waals surface area contributed by atoms with Gasteiger partial charge in [-0.1, -0.05) is 30.3 Å². The van der Waals surface area contributed by atoms with Crippen molar-refractivity contribution in [3.05, 3.63) is 52.0 Å². The van der Waals surface area contributed by atoms with Crippen LogP contribution in [0.5, 0.6) is 0 Å². The number of aromatic nitrogens is 2. The summed E-state index contributed by atoms with van der Waals surface area (Å²) in [5.74, 6) is 0.413. The molecular formula is C20H22N4OS2. The molecule has 3 aromatic rings. The number of likely N-dealkylation sites (tertiary alicyclic amines) is 1. The lowest BCUT2D eigenvalue weighted by Gasteiger charge is -2.17. The Morgan fingerprint density at radius 2 is 2.00 bits per heavy atom. The lowest BCUT2D eigenvalue weighted by molar-refractivity contribution is -0.119. The van der Waals surface area contributed by atoms with Gasteiger partial charge in [-0.3, -0.25) is 9.69 Å². The van der Waals surface area contributed by atoms with Crippen molar-refractivity contribution in [3.8, 4) is 10.6 Å². The van der Waals surface area contributed by atoms with E-state index in [1.807, 2.05) is 32.3 Å². The third kappa shape index (κ3) is 3.81. The Morgan fingerprint density at radius 3 is 2.70 bits per heavy atom. The summed E-state index contributed by atoms with van der Waals surface area (Å²) in [4.78, 5) is 25.1. The van der Waals surface area contributed by atoms with Crippen LogP contribution in [0.25, 0.3) is 10.6 Å². The van der Waals surface area contributed by atoms with Crippen molar-refractivity contribution in [3.63, 3.8) is 0 Å². The molecule has 2 atom stereocenters. The van der Waals surface area contributed by atoms with E-state index in [0.29, 0.717) is 11.0 Å². The molecule has 3 heterocycles. The van der Waals surface area contributed by atoms with Gasteiger partial charge >= 0.3 is 0 Å². The van der Waals surface area contributed by atoms with Crippen LogP contribution >= 0.6 is 22.7 Å². The second-order valence-corrected chi connectivity index (χ2v) is 9.03. The second-order valence-electron chi connectivity index (χ2n) is 6.97. The molecule has 1 fully saturated rings. The van der Waals surface area contributed by atoms with E-state index in [0.717, 1.165) is 34.2 Å². The molecule has 5 nitrogen and oxygen atoms in total. The highest BCUT2D eigenvalue weighted by Gasteiger charge is 2.35. The van der Waals surface area contributed by atoms with Gasteiger partial charge in [0.15, 0.2) is 5.13 Å². The van der Waals surface area contributed by atoms with Crippen LogP contribution in [-0.4, -0.2) is 40.4 Å². The Hall–Kier alpha value is -2.09. The number of hydrogen-bond acceptors (Lipinski definition) is 6. The first kappa shape index (κ1) is 18.3. The minimum atomic E-state index is -0.130. The van der Waals surface area contributed by atoms with Crippen molar-refractivity contribution in [2.24, 2.45) is 0 Å². The summed E-state index contributed by atoms with van der Waals surface area (Å²) in [6, 6.07) is 10.3.